The van der Waals surface area contributed by atoms with Gasteiger partial charge in [-0.25, -0.2) is 18.4 Å². The molecule has 1 amide bonds. The van der Waals surface area contributed by atoms with Crippen LogP contribution in [0, 0.1) is 0 Å². The lowest BCUT2D eigenvalue weighted by Gasteiger charge is -2.56. The van der Waals surface area contributed by atoms with Gasteiger partial charge in [-0.3, -0.25) is 4.79 Å². The maximum Gasteiger partial charge on any atom is 0.433 e. The van der Waals surface area contributed by atoms with E-state index in [0.717, 1.165) is 18.6 Å². The van der Waals surface area contributed by atoms with Gasteiger partial charge in [-0.2, -0.15) is 13.2 Å². The first kappa shape index (κ1) is 19.6. The molecule has 4 heterocycles. The third-order valence-electron chi connectivity index (χ3n) is 5.21. The Morgan fingerprint density at radius 3 is 2.41 bits per heavy atom. The highest BCUT2D eigenvalue weighted by Gasteiger charge is 2.48. The fraction of sp³-hybridized carbons (Fsp3) is 0.389. The number of halogens is 3. The molecule has 0 radical (unpaired) electrons. The minimum Gasteiger partial charge on any atom is -0.352 e. The number of fused-ring (bicyclic) bond motifs is 2. The molecule has 5 rings (SSSR count). The van der Waals surface area contributed by atoms with Crippen molar-refractivity contribution in [2.45, 2.75) is 29.6 Å². The van der Waals surface area contributed by atoms with Crippen LogP contribution in [0.2, 0.25) is 0 Å². The number of benzene rings is 1. The maximum atomic E-state index is 13.0. The molecule has 2 atom stereocenters. The van der Waals surface area contributed by atoms with Gasteiger partial charge >= 0.3 is 6.18 Å². The third-order valence-corrected chi connectivity index (χ3v) is 6.37. The lowest BCUT2D eigenvalue weighted by Crippen LogP contribution is -2.70. The summed E-state index contributed by atoms with van der Waals surface area (Å²) in [4.78, 5) is 23.5. The number of anilines is 1. The average Bonchev–Trinajstić information content (AvgIpc) is 2.67. The molecule has 3 aliphatic rings. The summed E-state index contributed by atoms with van der Waals surface area (Å²) in [6, 6.07) is 6.48. The number of amides is 1. The zero-order chi connectivity index (χ0) is 21.0. The van der Waals surface area contributed by atoms with Crippen LogP contribution in [0.4, 0.5) is 19.0 Å². The Labute approximate surface area is 165 Å². The highest BCUT2D eigenvalue weighted by Crippen LogP contribution is 2.37. The largest absolute Gasteiger partial charge is 0.433 e. The van der Waals surface area contributed by atoms with Crippen molar-refractivity contribution in [1.82, 2.24) is 14.9 Å². The van der Waals surface area contributed by atoms with Gasteiger partial charge in [0.1, 0.15) is 17.8 Å². The molecule has 2 bridgehead atoms. The second-order valence-electron chi connectivity index (χ2n) is 7.19. The monoisotopic (exact) mass is 426 g/mol. The van der Waals surface area contributed by atoms with Crippen LogP contribution >= 0.6 is 0 Å². The average molecular weight is 426 g/mol. The molecule has 0 aliphatic carbocycles. The van der Waals surface area contributed by atoms with Gasteiger partial charge in [-0.1, -0.05) is 12.1 Å². The van der Waals surface area contributed by atoms with Gasteiger partial charge in [0, 0.05) is 25.4 Å². The van der Waals surface area contributed by atoms with Crippen LogP contribution < -0.4 is 4.90 Å². The number of nitrogens with zero attached hydrogens (tertiary/aromatic N) is 4. The van der Waals surface area contributed by atoms with Crippen molar-refractivity contribution in [3.8, 4) is 0 Å². The Balaban J connectivity index is 1.55. The highest BCUT2D eigenvalue weighted by molar-refractivity contribution is 7.90. The Morgan fingerprint density at radius 1 is 1.14 bits per heavy atom. The molecule has 3 fully saturated rings. The summed E-state index contributed by atoms with van der Waals surface area (Å²) >= 11 is 0. The van der Waals surface area contributed by atoms with Gasteiger partial charge in [0.25, 0.3) is 5.91 Å². The van der Waals surface area contributed by atoms with E-state index in [-0.39, 0.29) is 34.3 Å². The number of hydrogen-bond donors (Lipinski definition) is 0. The molecule has 0 N–H and O–H groups in total. The third kappa shape index (κ3) is 3.54. The molecular formula is C18H17F3N4O3S. The van der Waals surface area contributed by atoms with Gasteiger partial charge < -0.3 is 9.80 Å². The zero-order valence-corrected chi connectivity index (χ0v) is 16.1. The lowest BCUT2D eigenvalue weighted by atomic mass is 9.86. The lowest BCUT2D eigenvalue weighted by molar-refractivity contribution is -0.141. The molecule has 11 heteroatoms. The first-order valence-electron chi connectivity index (χ1n) is 8.81. The topological polar surface area (TPSA) is 83.5 Å². The van der Waals surface area contributed by atoms with E-state index in [1.54, 1.807) is 21.9 Å². The van der Waals surface area contributed by atoms with Crippen molar-refractivity contribution < 1.29 is 26.4 Å². The van der Waals surface area contributed by atoms with Crippen LogP contribution in [0.15, 0.2) is 41.6 Å². The van der Waals surface area contributed by atoms with E-state index in [1.807, 2.05) is 0 Å². The minimum atomic E-state index is -4.56. The predicted octanol–water partition coefficient (Wildman–Crippen LogP) is 2.00. The van der Waals surface area contributed by atoms with Crippen LogP contribution in [0.5, 0.6) is 0 Å². The van der Waals surface area contributed by atoms with Crippen molar-refractivity contribution in [2.24, 2.45) is 0 Å². The Hall–Kier alpha value is -2.69. The summed E-state index contributed by atoms with van der Waals surface area (Å²) in [6.45, 7) is 0.634. The zero-order valence-electron chi connectivity index (χ0n) is 15.3. The van der Waals surface area contributed by atoms with Crippen LogP contribution in [-0.4, -0.2) is 60.6 Å². The van der Waals surface area contributed by atoms with Crippen molar-refractivity contribution in [1.29, 1.82) is 0 Å². The summed E-state index contributed by atoms with van der Waals surface area (Å²) in [7, 11) is -3.57. The summed E-state index contributed by atoms with van der Waals surface area (Å²) in [6.07, 6.45) is -1.93. The van der Waals surface area contributed by atoms with E-state index in [9.17, 15) is 26.4 Å². The van der Waals surface area contributed by atoms with E-state index in [0.29, 0.717) is 19.5 Å². The Bertz CT molecular complexity index is 1060. The molecule has 3 aliphatic heterocycles. The molecule has 3 saturated heterocycles. The van der Waals surface area contributed by atoms with Crippen molar-refractivity contribution in [3.63, 3.8) is 0 Å². The normalized spacial score (nSPS) is 21.7. The fourth-order valence-corrected chi connectivity index (χ4v) is 4.79. The number of sulfone groups is 1. The SMILES string of the molecule is CS(=O)(=O)c1ccccc1C(=O)N1C2CC1CN(c1cc(C(F)(F)F)ncn1)C2. The second-order valence-corrected chi connectivity index (χ2v) is 9.17. The standard InChI is InChI=1S/C18H17F3N4O3S/c1-29(27,28)14-5-3-2-4-13(14)17(26)25-11-6-12(25)9-24(8-11)16-7-15(18(19,20)21)22-10-23-16/h2-5,7,10-12H,6,8-9H2,1H3. The minimum absolute atomic E-state index is 0.0301. The molecule has 1 aromatic heterocycles. The molecule has 2 aromatic rings. The van der Waals surface area contributed by atoms with Gasteiger partial charge in [-0.05, 0) is 18.6 Å². The number of alkyl halides is 3. The number of carbonyl (C=O) groups excluding carboxylic acids is 1. The van der Waals surface area contributed by atoms with Crippen molar-refractivity contribution in [2.75, 3.05) is 24.2 Å². The summed E-state index contributed by atoms with van der Waals surface area (Å²) < 4.78 is 62.7. The molecule has 7 nitrogen and oxygen atoms in total. The number of piperidine rings is 1. The molecule has 29 heavy (non-hydrogen) atoms. The van der Waals surface area contributed by atoms with E-state index in [1.165, 1.54) is 12.1 Å². The summed E-state index contributed by atoms with van der Waals surface area (Å²) in [5, 5.41) is 0. The van der Waals surface area contributed by atoms with Crippen LogP contribution in [0.25, 0.3) is 0 Å². The summed E-state index contributed by atoms with van der Waals surface area (Å²) in [5.74, 6) is -0.226. The summed E-state index contributed by atoms with van der Waals surface area (Å²) in [5.41, 5.74) is -0.906. The van der Waals surface area contributed by atoms with E-state index in [2.05, 4.69) is 9.97 Å². The number of hydrogen-bond acceptors (Lipinski definition) is 6. The molecule has 0 spiro atoms. The van der Waals surface area contributed by atoms with Gasteiger partial charge in [0.05, 0.1) is 22.5 Å². The quantitative estimate of drug-likeness (QED) is 0.747. The second kappa shape index (κ2) is 6.68. The Morgan fingerprint density at radius 2 is 1.79 bits per heavy atom. The van der Waals surface area contributed by atoms with E-state index >= 15 is 0 Å². The first-order chi connectivity index (χ1) is 13.6. The van der Waals surface area contributed by atoms with E-state index in [4.69, 9.17) is 0 Å². The first-order valence-corrected chi connectivity index (χ1v) is 10.7. The maximum absolute atomic E-state index is 13.0. The predicted molar refractivity (Wildman–Crippen MR) is 97.2 cm³/mol. The molecule has 1 aromatic carbocycles. The molecule has 154 valence electrons. The number of aromatic nitrogens is 2. The Kier molecular flexibility index (Phi) is 4.52. The van der Waals surface area contributed by atoms with E-state index < -0.39 is 21.7 Å². The van der Waals surface area contributed by atoms with Gasteiger partial charge in [0.2, 0.25) is 0 Å². The molecule has 2 unspecified atom stereocenters. The smallest absolute Gasteiger partial charge is 0.352 e. The van der Waals surface area contributed by atoms with Gasteiger partial charge in [0.15, 0.2) is 9.84 Å². The number of piperazine rings is 1. The van der Waals surface area contributed by atoms with Crippen LogP contribution in [0.1, 0.15) is 22.5 Å². The number of rotatable bonds is 3. The number of carbonyl (C=O) groups is 1. The molecule has 0 saturated carbocycles. The van der Waals surface area contributed by atoms with Crippen LogP contribution in [-0.2, 0) is 16.0 Å². The molecular weight excluding hydrogens is 409 g/mol. The van der Waals surface area contributed by atoms with Crippen LogP contribution in [0.3, 0.4) is 0 Å². The highest BCUT2D eigenvalue weighted by atomic mass is 32.2. The fourth-order valence-electron chi connectivity index (χ4n) is 3.91. The van der Waals surface area contributed by atoms with Crippen molar-refractivity contribution >= 4 is 21.6 Å². The van der Waals surface area contributed by atoms with Gasteiger partial charge in [-0.15, -0.1) is 0 Å². The van der Waals surface area contributed by atoms with Crippen molar-refractivity contribution in [3.05, 3.63) is 47.9 Å².